The molecule has 0 saturated heterocycles. The summed E-state index contributed by atoms with van der Waals surface area (Å²) < 4.78 is 1.50. The van der Waals surface area contributed by atoms with E-state index in [0.29, 0.717) is 5.82 Å². The quantitative estimate of drug-likeness (QED) is 0.341. The topological polar surface area (TPSA) is 126 Å². The van der Waals surface area contributed by atoms with Crippen LogP contribution in [0.5, 0.6) is 0 Å². The lowest BCUT2D eigenvalue weighted by Crippen LogP contribution is -2.22. The second-order valence-electron chi connectivity index (χ2n) is 7.67. The largest absolute Gasteiger partial charge is 0.477 e. The fourth-order valence-electron chi connectivity index (χ4n) is 3.70. The number of carbonyl (C=O) groups is 2. The van der Waals surface area contributed by atoms with Crippen LogP contribution in [0, 0.1) is 0 Å². The molecule has 2 N–H and O–H groups in total. The number of aromatic nitrogens is 5. The molecule has 11 heteroatoms. The number of rotatable bonds is 6. The standard InChI is InChI=1S/C25H17ClN6O3S/c26-20-8-4-3-7-19(20)23(33)27-25-32(21(14-36-25)24(34)35)13-15-9-11-16(12-10-15)17-5-1-2-6-18(17)22-28-30-31-29-22/h1-12,14H,13H2,(H,34,35)(H,28,29,30,31). The minimum atomic E-state index is -1.11. The van der Waals surface area contributed by atoms with Crippen molar-refractivity contribution in [1.82, 2.24) is 25.2 Å². The van der Waals surface area contributed by atoms with E-state index in [1.165, 1.54) is 9.95 Å². The summed E-state index contributed by atoms with van der Waals surface area (Å²) in [6, 6.07) is 22.0. The monoisotopic (exact) mass is 516 g/mol. The molecule has 0 unspecified atom stereocenters. The first-order valence-electron chi connectivity index (χ1n) is 10.7. The lowest BCUT2D eigenvalue weighted by Gasteiger charge is -2.10. The van der Waals surface area contributed by atoms with Crippen molar-refractivity contribution < 1.29 is 14.7 Å². The lowest BCUT2D eigenvalue weighted by atomic mass is 9.98. The summed E-state index contributed by atoms with van der Waals surface area (Å²) in [6.45, 7) is 0.215. The zero-order chi connectivity index (χ0) is 25.1. The van der Waals surface area contributed by atoms with Gasteiger partial charge in [0.05, 0.1) is 17.1 Å². The van der Waals surface area contributed by atoms with E-state index in [2.05, 4.69) is 25.6 Å². The maximum absolute atomic E-state index is 12.7. The average molecular weight is 517 g/mol. The number of nitrogens with one attached hydrogen (secondary N) is 1. The Morgan fingerprint density at radius 2 is 1.72 bits per heavy atom. The van der Waals surface area contributed by atoms with Gasteiger partial charge in [0, 0.05) is 10.9 Å². The molecule has 2 aromatic heterocycles. The number of benzene rings is 3. The minimum Gasteiger partial charge on any atom is -0.477 e. The first kappa shape index (κ1) is 23.3. The number of H-pyrrole nitrogens is 1. The number of hydrogen-bond donors (Lipinski definition) is 2. The molecule has 2 heterocycles. The smallest absolute Gasteiger partial charge is 0.353 e. The first-order valence-corrected chi connectivity index (χ1v) is 11.9. The molecule has 0 fully saturated rings. The Morgan fingerprint density at radius 3 is 2.42 bits per heavy atom. The molecule has 0 spiro atoms. The molecule has 5 aromatic rings. The SMILES string of the molecule is O=C(N=c1scc(C(=O)O)n1Cc1ccc(-c2ccccc2-c2nn[nH]n2)cc1)c1ccccc1Cl. The second-order valence-corrected chi connectivity index (χ2v) is 8.91. The van der Waals surface area contributed by atoms with Gasteiger partial charge in [0.1, 0.15) is 5.69 Å². The van der Waals surface area contributed by atoms with Gasteiger partial charge in [-0.25, -0.2) is 4.79 Å². The molecule has 0 saturated carbocycles. The summed E-state index contributed by atoms with van der Waals surface area (Å²) in [4.78, 5) is 29.0. The predicted molar refractivity (Wildman–Crippen MR) is 135 cm³/mol. The Balaban J connectivity index is 1.48. The number of carbonyl (C=O) groups excluding carboxylic acids is 1. The van der Waals surface area contributed by atoms with Crippen molar-refractivity contribution in [3.05, 3.63) is 105 Å². The zero-order valence-corrected chi connectivity index (χ0v) is 20.1. The molecule has 0 aliphatic heterocycles. The van der Waals surface area contributed by atoms with Crippen LogP contribution in [0.25, 0.3) is 22.5 Å². The highest BCUT2D eigenvalue weighted by Crippen LogP contribution is 2.29. The van der Waals surface area contributed by atoms with E-state index in [4.69, 9.17) is 11.6 Å². The van der Waals surface area contributed by atoms with Gasteiger partial charge in [0.25, 0.3) is 5.91 Å². The van der Waals surface area contributed by atoms with Crippen LogP contribution in [0.2, 0.25) is 5.02 Å². The van der Waals surface area contributed by atoms with Crippen LogP contribution in [0.15, 0.2) is 83.2 Å². The molecule has 0 atom stereocenters. The number of nitrogens with zero attached hydrogens (tertiary/aromatic N) is 5. The van der Waals surface area contributed by atoms with Gasteiger partial charge in [-0.15, -0.1) is 21.5 Å². The molecule has 0 aliphatic rings. The number of aromatic carboxylic acids is 1. The number of halogens is 1. The van der Waals surface area contributed by atoms with Crippen molar-refractivity contribution in [1.29, 1.82) is 0 Å². The first-order chi connectivity index (χ1) is 17.5. The molecule has 5 rings (SSSR count). The van der Waals surface area contributed by atoms with Crippen LogP contribution in [0.4, 0.5) is 0 Å². The van der Waals surface area contributed by atoms with Crippen molar-refractivity contribution in [2.75, 3.05) is 0 Å². The highest BCUT2D eigenvalue weighted by molar-refractivity contribution is 7.07. The number of aromatic amines is 1. The Bertz CT molecular complexity index is 1620. The molecule has 0 radical (unpaired) electrons. The van der Waals surface area contributed by atoms with Gasteiger partial charge in [-0.2, -0.15) is 10.2 Å². The van der Waals surface area contributed by atoms with Gasteiger partial charge in [-0.05, 0) is 34.0 Å². The van der Waals surface area contributed by atoms with Crippen molar-refractivity contribution >= 4 is 34.8 Å². The Labute approximate surface area is 213 Å². The van der Waals surface area contributed by atoms with Crippen LogP contribution >= 0.6 is 22.9 Å². The highest BCUT2D eigenvalue weighted by Gasteiger charge is 2.16. The van der Waals surface area contributed by atoms with Crippen LogP contribution in [0.1, 0.15) is 26.4 Å². The minimum absolute atomic E-state index is 0.0391. The predicted octanol–water partition coefficient (Wildman–Crippen LogP) is 4.54. The number of tetrazole rings is 1. The number of amides is 1. The Hall–Kier alpha value is -4.41. The molecular weight excluding hydrogens is 500 g/mol. The Kier molecular flexibility index (Phi) is 6.52. The fraction of sp³-hybridized carbons (Fsp3) is 0.0400. The second kappa shape index (κ2) is 10.1. The summed E-state index contributed by atoms with van der Waals surface area (Å²) in [5.41, 5.74) is 3.83. The number of hydrogen-bond acceptors (Lipinski definition) is 6. The summed E-state index contributed by atoms with van der Waals surface area (Å²) in [5.74, 6) is -1.16. The molecule has 36 heavy (non-hydrogen) atoms. The van der Waals surface area contributed by atoms with Crippen LogP contribution in [0.3, 0.4) is 0 Å². The van der Waals surface area contributed by atoms with E-state index in [0.717, 1.165) is 33.6 Å². The van der Waals surface area contributed by atoms with Crippen molar-refractivity contribution in [2.45, 2.75) is 6.54 Å². The average Bonchev–Trinajstić information content (AvgIpc) is 3.56. The van der Waals surface area contributed by atoms with E-state index < -0.39 is 11.9 Å². The molecule has 0 bridgehead atoms. The summed E-state index contributed by atoms with van der Waals surface area (Å²) >= 11 is 7.21. The zero-order valence-electron chi connectivity index (χ0n) is 18.5. The van der Waals surface area contributed by atoms with E-state index in [-0.39, 0.29) is 27.6 Å². The molecule has 1 amide bonds. The van der Waals surface area contributed by atoms with E-state index in [1.807, 2.05) is 48.5 Å². The van der Waals surface area contributed by atoms with Crippen molar-refractivity contribution in [3.63, 3.8) is 0 Å². The number of carboxylic acid groups (broad SMARTS) is 1. The third-order valence-corrected chi connectivity index (χ3v) is 6.63. The van der Waals surface area contributed by atoms with Gasteiger partial charge in [0.15, 0.2) is 4.80 Å². The molecular formula is C25H17ClN6O3S. The van der Waals surface area contributed by atoms with Crippen molar-refractivity contribution in [3.8, 4) is 22.5 Å². The summed E-state index contributed by atoms with van der Waals surface area (Å²) in [6.07, 6.45) is 0. The summed E-state index contributed by atoms with van der Waals surface area (Å²) in [7, 11) is 0. The maximum Gasteiger partial charge on any atom is 0.353 e. The number of thiazole rings is 1. The normalized spacial score (nSPS) is 11.5. The van der Waals surface area contributed by atoms with Crippen LogP contribution in [-0.4, -0.2) is 42.2 Å². The molecule has 0 aliphatic carbocycles. The third kappa shape index (κ3) is 4.72. The third-order valence-electron chi connectivity index (χ3n) is 5.44. The number of carboxylic acids is 1. The fourth-order valence-corrected chi connectivity index (χ4v) is 4.79. The van der Waals surface area contributed by atoms with E-state index in [9.17, 15) is 14.7 Å². The van der Waals surface area contributed by atoms with Crippen molar-refractivity contribution in [2.24, 2.45) is 4.99 Å². The van der Waals surface area contributed by atoms with Crippen LogP contribution < -0.4 is 4.80 Å². The summed E-state index contributed by atoms with van der Waals surface area (Å²) in [5, 5.41) is 25.7. The molecule has 178 valence electrons. The lowest BCUT2D eigenvalue weighted by molar-refractivity contribution is 0.0684. The van der Waals surface area contributed by atoms with Gasteiger partial charge in [-0.1, -0.05) is 72.3 Å². The van der Waals surface area contributed by atoms with E-state index >= 15 is 0 Å². The molecule has 3 aromatic carbocycles. The van der Waals surface area contributed by atoms with Gasteiger partial charge in [-0.3, -0.25) is 4.79 Å². The van der Waals surface area contributed by atoms with E-state index in [1.54, 1.807) is 24.3 Å². The molecule has 9 nitrogen and oxygen atoms in total. The maximum atomic E-state index is 12.7. The van der Waals surface area contributed by atoms with Gasteiger partial charge >= 0.3 is 5.97 Å². The van der Waals surface area contributed by atoms with Gasteiger partial charge < -0.3 is 9.67 Å². The van der Waals surface area contributed by atoms with Crippen LogP contribution in [-0.2, 0) is 6.54 Å². The highest BCUT2D eigenvalue weighted by atomic mass is 35.5. The Morgan fingerprint density at radius 1 is 1.00 bits per heavy atom. The van der Waals surface area contributed by atoms with Gasteiger partial charge in [0.2, 0.25) is 5.82 Å².